The predicted octanol–water partition coefficient (Wildman–Crippen LogP) is 1.89. The Kier molecular flexibility index (Phi) is 4.88. The van der Waals surface area contributed by atoms with Crippen LogP contribution < -0.4 is 32.4 Å². The third kappa shape index (κ3) is 3.69. The molecule has 1 unspecified atom stereocenters. The van der Waals surface area contributed by atoms with Gasteiger partial charge in [0, 0.05) is 17.7 Å². The maximum atomic E-state index is 6.52. The molecule has 27 heavy (non-hydrogen) atoms. The Hall–Kier alpha value is -2.03. The number of hydrogen-bond donors (Lipinski definition) is 5. The molecular weight excluding hydrogens is 387 g/mol. The fourth-order valence-electron chi connectivity index (χ4n) is 3.23. The van der Waals surface area contributed by atoms with E-state index in [-0.39, 0.29) is 12.1 Å². The molecule has 0 aromatic heterocycles. The van der Waals surface area contributed by atoms with Gasteiger partial charge in [-0.25, -0.2) is 4.99 Å². The van der Waals surface area contributed by atoms with Gasteiger partial charge >= 0.3 is 0 Å². The third-order valence-electron chi connectivity index (χ3n) is 4.62. The smallest absolute Gasteiger partial charge is 0.209 e. The third-order valence-corrected chi connectivity index (χ3v) is 5.22. The summed E-state index contributed by atoms with van der Waals surface area (Å²) in [6, 6.07) is 11.2. The summed E-state index contributed by atoms with van der Waals surface area (Å²) in [7, 11) is 0. The number of benzene rings is 2. The molecular formula is C18H20Cl2N6O. The van der Waals surface area contributed by atoms with Gasteiger partial charge in [0.2, 0.25) is 11.7 Å². The highest BCUT2D eigenvalue weighted by atomic mass is 35.5. The van der Waals surface area contributed by atoms with Gasteiger partial charge in [0.25, 0.3) is 0 Å². The summed E-state index contributed by atoms with van der Waals surface area (Å²) >= 11 is 13.0. The van der Waals surface area contributed by atoms with Gasteiger partial charge in [-0.15, -0.1) is 0 Å². The zero-order chi connectivity index (χ0) is 19.0. The molecule has 0 saturated carbocycles. The first-order chi connectivity index (χ1) is 12.9. The molecule has 2 atom stereocenters. The average molecular weight is 407 g/mol. The number of nitrogens with zero attached hydrogens (tertiary/aromatic N) is 1. The summed E-state index contributed by atoms with van der Waals surface area (Å²) in [5, 5.41) is 4.22. The predicted molar refractivity (Wildman–Crippen MR) is 108 cm³/mol. The van der Waals surface area contributed by atoms with Crippen LogP contribution in [0.5, 0.6) is 5.75 Å². The minimum Gasteiger partial charge on any atom is -0.489 e. The van der Waals surface area contributed by atoms with E-state index in [0.29, 0.717) is 15.6 Å². The van der Waals surface area contributed by atoms with E-state index in [1.165, 1.54) is 0 Å². The van der Waals surface area contributed by atoms with E-state index in [0.717, 1.165) is 36.4 Å². The van der Waals surface area contributed by atoms with Crippen LogP contribution in [0, 0.1) is 0 Å². The zero-order valence-electron chi connectivity index (χ0n) is 14.4. The Labute approximate surface area is 167 Å². The molecule has 1 saturated heterocycles. The molecule has 2 aromatic rings. The second-order valence-corrected chi connectivity index (χ2v) is 7.40. The first-order valence-corrected chi connectivity index (χ1v) is 9.35. The van der Waals surface area contributed by atoms with Crippen molar-refractivity contribution >= 4 is 29.2 Å². The van der Waals surface area contributed by atoms with Gasteiger partial charge in [0.05, 0.1) is 10.0 Å². The van der Waals surface area contributed by atoms with Crippen molar-refractivity contribution in [1.29, 1.82) is 0 Å². The number of hydrogen-bond acceptors (Lipinski definition) is 7. The van der Waals surface area contributed by atoms with Crippen LogP contribution in [0.25, 0.3) is 11.1 Å². The summed E-state index contributed by atoms with van der Waals surface area (Å²) < 4.78 is 5.95. The highest BCUT2D eigenvalue weighted by Crippen LogP contribution is 2.38. The molecule has 2 aliphatic heterocycles. The van der Waals surface area contributed by atoms with Crippen LogP contribution in [-0.2, 0) is 5.79 Å². The lowest BCUT2D eigenvalue weighted by atomic mass is 10.0. The molecule has 0 bridgehead atoms. The lowest BCUT2D eigenvalue weighted by Crippen LogP contribution is -2.50. The normalized spacial score (nSPS) is 24.6. The molecule has 0 amide bonds. The number of guanidine groups is 1. The first kappa shape index (κ1) is 18.3. The van der Waals surface area contributed by atoms with Gasteiger partial charge in [0.15, 0.2) is 0 Å². The van der Waals surface area contributed by atoms with E-state index in [2.05, 4.69) is 21.2 Å². The second kappa shape index (κ2) is 7.18. The number of aliphatic imine (C=N–C) groups is 1. The maximum Gasteiger partial charge on any atom is 0.209 e. The summed E-state index contributed by atoms with van der Waals surface area (Å²) in [6.45, 7) is 1.86. The van der Waals surface area contributed by atoms with Crippen molar-refractivity contribution in [3.8, 4) is 16.9 Å². The lowest BCUT2D eigenvalue weighted by Gasteiger charge is -2.22. The Morgan fingerprint density at radius 1 is 1.15 bits per heavy atom. The quantitative estimate of drug-likeness (QED) is 0.530. The van der Waals surface area contributed by atoms with Crippen molar-refractivity contribution in [3.63, 3.8) is 0 Å². The fourth-order valence-corrected chi connectivity index (χ4v) is 3.94. The topological polar surface area (TPSA) is 110 Å². The van der Waals surface area contributed by atoms with Crippen molar-refractivity contribution in [3.05, 3.63) is 52.0 Å². The first-order valence-electron chi connectivity index (χ1n) is 8.59. The van der Waals surface area contributed by atoms with Gasteiger partial charge in [-0.05, 0) is 42.8 Å². The molecule has 7 N–H and O–H groups in total. The van der Waals surface area contributed by atoms with Crippen molar-refractivity contribution in [2.75, 3.05) is 13.1 Å². The van der Waals surface area contributed by atoms with E-state index in [1.807, 2.05) is 24.3 Å². The number of ether oxygens (including phenoxy) is 1. The van der Waals surface area contributed by atoms with Crippen molar-refractivity contribution in [1.82, 2.24) is 16.2 Å². The molecule has 4 rings (SSSR count). The van der Waals surface area contributed by atoms with Crippen molar-refractivity contribution < 1.29 is 4.74 Å². The van der Waals surface area contributed by atoms with E-state index in [1.54, 1.807) is 12.1 Å². The largest absolute Gasteiger partial charge is 0.489 e. The minimum absolute atomic E-state index is 0.196. The molecule has 142 valence electrons. The van der Waals surface area contributed by atoms with E-state index in [9.17, 15) is 0 Å². The number of rotatable bonds is 4. The van der Waals surface area contributed by atoms with Crippen LogP contribution in [0.3, 0.4) is 0 Å². The number of halogens is 2. The van der Waals surface area contributed by atoms with Crippen molar-refractivity contribution in [2.24, 2.45) is 16.5 Å². The van der Waals surface area contributed by atoms with E-state index < -0.39 is 5.79 Å². The molecule has 1 fully saturated rings. The number of nitrogens with two attached hydrogens (primary N) is 2. The van der Waals surface area contributed by atoms with Crippen LogP contribution in [0.4, 0.5) is 0 Å². The van der Waals surface area contributed by atoms with Crippen molar-refractivity contribution in [2.45, 2.75) is 18.3 Å². The second-order valence-electron chi connectivity index (χ2n) is 6.59. The van der Waals surface area contributed by atoms with Crippen LogP contribution in [0.2, 0.25) is 10.0 Å². The van der Waals surface area contributed by atoms with Gasteiger partial charge < -0.3 is 15.8 Å². The monoisotopic (exact) mass is 406 g/mol. The molecule has 0 radical (unpaired) electrons. The Morgan fingerprint density at radius 2 is 1.85 bits per heavy atom. The van der Waals surface area contributed by atoms with Crippen LogP contribution in [0.1, 0.15) is 12.0 Å². The molecule has 2 aliphatic rings. The minimum atomic E-state index is -1.22. The van der Waals surface area contributed by atoms with E-state index in [4.69, 9.17) is 39.4 Å². The zero-order valence-corrected chi connectivity index (χ0v) is 15.9. The standard InChI is InChI=1S/C18H20Cl2N6O/c19-14-7-11(18(22)24-17(21)25-26-18)8-15(20)16(14)10-1-3-12(4-2-10)27-13-5-6-23-9-13/h1-4,7-8,13,23,26H,5-6,9,22H2,(H3,21,24,25)/t13-,18?/m0/s1. The van der Waals surface area contributed by atoms with E-state index >= 15 is 0 Å². The SMILES string of the molecule is NC1=NC(N)(c2cc(Cl)c(-c3ccc(O[C@H]4CCNC4)cc3)c(Cl)c2)NN1. The van der Waals surface area contributed by atoms with Gasteiger partial charge in [-0.2, -0.15) is 5.43 Å². The fraction of sp³-hybridized carbons (Fsp3) is 0.278. The average Bonchev–Trinajstić information content (AvgIpc) is 3.26. The molecule has 2 aromatic carbocycles. The molecule has 2 heterocycles. The van der Waals surface area contributed by atoms with Crippen LogP contribution in [-0.4, -0.2) is 25.2 Å². The van der Waals surface area contributed by atoms with Gasteiger partial charge in [0.1, 0.15) is 11.9 Å². The number of nitrogens with one attached hydrogen (secondary N) is 3. The Morgan fingerprint density at radius 3 is 2.41 bits per heavy atom. The Balaban J connectivity index is 1.60. The Bertz CT molecular complexity index is 859. The lowest BCUT2D eigenvalue weighted by molar-refractivity contribution is 0.223. The molecule has 7 nitrogen and oxygen atoms in total. The highest BCUT2D eigenvalue weighted by Gasteiger charge is 2.32. The summed E-state index contributed by atoms with van der Waals surface area (Å²) in [4.78, 5) is 4.15. The van der Waals surface area contributed by atoms with Gasteiger partial charge in [-0.1, -0.05) is 35.3 Å². The maximum absolute atomic E-state index is 6.52. The van der Waals surface area contributed by atoms with Crippen LogP contribution >= 0.6 is 23.2 Å². The molecule has 9 heteroatoms. The summed E-state index contributed by atoms with van der Waals surface area (Å²) in [5.41, 5.74) is 19.6. The summed E-state index contributed by atoms with van der Waals surface area (Å²) in [5.74, 6) is -0.201. The van der Waals surface area contributed by atoms with Crippen LogP contribution in [0.15, 0.2) is 41.4 Å². The molecule has 0 aliphatic carbocycles. The summed E-state index contributed by atoms with van der Waals surface area (Å²) in [6.07, 6.45) is 1.22. The highest BCUT2D eigenvalue weighted by molar-refractivity contribution is 6.39. The van der Waals surface area contributed by atoms with Gasteiger partial charge in [-0.3, -0.25) is 11.2 Å². The molecule has 0 spiro atoms. The number of hydrazine groups is 1.